The molecule has 0 radical (unpaired) electrons. The van der Waals surface area contributed by atoms with Crippen LogP contribution >= 0.6 is 11.8 Å². The summed E-state index contributed by atoms with van der Waals surface area (Å²) in [6.07, 6.45) is 9.58. The molecule has 2 fully saturated rings. The molecule has 112 valence electrons. The van der Waals surface area contributed by atoms with Gasteiger partial charge in [-0.2, -0.15) is 11.8 Å². The number of hydrogen-bond acceptors (Lipinski definition) is 3. The molecule has 0 bridgehead atoms. The quantitative estimate of drug-likeness (QED) is 0.801. The molecule has 2 rings (SSSR count). The summed E-state index contributed by atoms with van der Waals surface area (Å²) in [5.41, 5.74) is 0. The molecule has 0 aromatic heterocycles. The fourth-order valence-corrected chi connectivity index (χ4v) is 5.35. The zero-order chi connectivity index (χ0) is 13.5. The Labute approximate surface area is 123 Å². The molecular formula is C16H31NOS. The Hall–Kier alpha value is 0.270. The second-order valence-electron chi connectivity index (χ2n) is 6.12. The smallest absolute Gasteiger partial charge is 0.0476 e. The van der Waals surface area contributed by atoms with Gasteiger partial charge in [-0.15, -0.1) is 0 Å². The molecule has 3 atom stereocenters. The van der Waals surface area contributed by atoms with Gasteiger partial charge in [0.2, 0.25) is 0 Å². The molecule has 1 N–H and O–H groups in total. The van der Waals surface area contributed by atoms with Gasteiger partial charge in [-0.3, -0.25) is 0 Å². The standard InChI is InChI=1S/C16H31NOS/c1-3-5-13-6-7-15(17-4-2)16(12-13)19-14-8-10-18-11-9-14/h13-17H,3-12H2,1-2H3. The van der Waals surface area contributed by atoms with Crippen LogP contribution in [0, 0.1) is 5.92 Å². The fraction of sp³-hybridized carbons (Fsp3) is 1.00. The average Bonchev–Trinajstić information content (AvgIpc) is 2.43. The van der Waals surface area contributed by atoms with Gasteiger partial charge in [0.1, 0.15) is 0 Å². The third-order valence-corrected chi connectivity index (χ3v) is 6.33. The maximum absolute atomic E-state index is 5.49. The third-order valence-electron chi connectivity index (χ3n) is 4.60. The highest BCUT2D eigenvalue weighted by Gasteiger charge is 2.32. The number of hydrogen-bond donors (Lipinski definition) is 1. The molecule has 2 nitrogen and oxygen atoms in total. The maximum atomic E-state index is 5.49. The minimum atomic E-state index is 0.756. The van der Waals surface area contributed by atoms with Crippen LogP contribution in [0.5, 0.6) is 0 Å². The van der Waals surface area contributed by atoms with E-state index in [0.717, 1.165) is 42.2 Å². The number of ether oxygens (including phenoxy) is 1. The Kier molecular flexibility index (Phi) is 7.03. The molecule has 0 aromatic carbocycles. The number of rotatable bonds is 6. The van der Waals surface area contributed by atoms with Crippen molar-refractivity contribution < 1.29 is 4.74 Å². The largest absolute Gasteiger partial charge is 0.381 e. The van der Waals surface area contributed by atoms with Gasteiger partial charge in [0.15, 0.2) is 0 Å². The van der Waals surface area contributed by atoms with Gasteiger partial charge in [0, 0.05) is 29.8 Å². The molecule has 3 unspecified atom stereocenters. The van der Waals surface area contributed by atoms with Crippen LogP contribution in [0.25, 0.3) is 0 Å². The fourth-order valence-electron chi connectivity index (χ4n) is 3.59. The van der Waals surface area contributed by atoms with Gasteiger partial charge >= 0.3 is 0 Å². The molecular weight excluding hydrogens is 254 g/mol. The van der Waals surface area contributed by atoms with Crippen molar-refractivity contribution in [3.05, 3.63) is 0 Å². The zero-order valence-corrected chi connectivity index (χ0v) is 13.5. The van der Waals surface area contributed by atoms with Crippen LogP contribution < -0.4 is 5.32 Å². The Morgan fingerprint density at radius 2 is 1.89 bits per heavy atom. The molecule has 1 saturated heterocycles. The monoisotopic (exact) mass is 285 g/mol. The molecule has 3 heteroatoms. The molecule has 1 aliphatic carbocycles. The summed E-state index contributed by atoms with van der Waals surface area (Å²) < 4.78 is 5.49. The van der Waals surface area contributed by atoms with Crippen LogP contribution in [-0.2, 0) is 4.74 Å². The topological polar surface area (TPSA) is 21.3 Å². The SMILES string of the molecule is CCCC1CCC(NCC)C(SC2CCOCC2)C1. The molecule has 1 aliphatic heterocycles. The van der Waals surface area contributed by atoms with Gasteiger partial charge in [-0.1, -0.05) is 26.7 Å². The van der Waals surface area contributed by atoms with Gasteiger partial charge in [0.05, 0.1) is 0 Å². The highest BCUT2D eigenvalue weighted by molar-refractivity contribution is 8.00. The van der Waals surface area contributed by atoms with Crippen LogP contribution in [0.2, 0.25) is 0 Å². The van der Waals surface area contributed by atoms with E-state index in [9.17, 15) is 0 Å². The normalized spacial score (nSPS) is 33.5. The van der Waals surface area contributed by atoms with E-state index in [0.29, 0.717) is 0 Å². The van der Waals surface area contributed by atoms with Crippen molar-refractivity contribution in [2.45, 2.75) is 75.3 Å². The minimum Gasteiger partial charge on any atom is -0.381 e. The lowest BCUT2D eigenvalue weighted by molar-refractivity contribution is 0.0997. The summed E-state index contributed by atoms with van der Waals surface area (Å²) in [6.45, 7) is 7.66. The van der Waals surface area contributed by atoms with Crippen LogP contribution in [-0.4, -0.2) is 36.3 Å². The number of nitrogens with one attached hydrogen (secondary N) is 1. The summed E-state index contributed by atoms with van der Waals surface area (Å²) in [5.74, 6) is 0.984. The average molecular weight is 285 g/mol. The van der Waals surface area contributed by atoms with E-state index in [4.69, 9.17) is 4.74 Å². The van der Waals surface area contributed by atoms with E-state index in [1.165, 1.54) is 44.9 Å². The third kappa shape index (κ3) is 4.95. The highest BCUT2D eigenvalue weighted by Crippen LogP contribution is 2.38. The summed E-state index contributed by atoms with van der Waals surface area (Å²) in [4.78, 5) is 0. The summed E-state index contributed by atoms with van der Waals surface area (Å²) in [6, 6.07) is 0.756. The summed E-state index contributed by atoms with van der Waals surface area (Å²) in [5, 5.41) is 5.42. The van der Waals surface area contributed by atoms with Crippen LogP contribution in [0.15, 0.2) is 0 Å². The molecule has 19 heavy (non-hydrogen) atoms. The molecule has 2 aliphatic rings. The van der Waals surface area contributed by atoms with Crippen molar-refractivity contribution in [1.82, 2.24) is 5.32 Å². The molecule has 1 heterocycles. The molecule has 0 spiro atoms. The summed E-state index contributed by atoms with van der Waals surface area (Å²) in [7, 11) is 0. The Balaban J connectivity index is 1.86. The van der Waals surface area contributed by atoms with Crippen LogP contribution in [0.4, 0.5) is 0 Å². The van der Waals surface area contributed by atoms with E-state index < -0.39 is 0 Å². The lowest BCUT2D eigenvalue weighted by Crippen LogP contribution is -2.43. The first kappa shape index (κ1) is 15.7. The van der Waals surface area contributed by atoms with Crippen molar-refractivity contribution >= 4 is 11.8 Å². The lowest BCUT2D eigenvalue weighted by Gasteiger charge is -2.38. The lowest BCUT2D eigenvalue weighted by atomic mass is 9.83. The van der Waals surface area contributed by atoms with E-state index in [1.807, 2.05) is 0 Å². The molecule has 1 saturated carbocycles. The van der Waals surface area contributed by atoms with E-state index in [1.54, 1.807) is 0 Å². The Morgan fingerprint density at radius 1 is 1.11 bits per heavy atom. The minimum absolute atomic E-state index is 0.756. The van der Waals surface area contributed by atoms with E-state index in [2.05, 4.69) is 30.9 Å². The van der Waals surface area contributed by atoms with Crippen LogP contribution in [0.3, 0.4) is 0 Å². The summed E-state index contributed by atoms with van der Waals surface area (Å²) >= 11 is 2.28. The van der Waals surface area contributed by atoms with Crippen molar-refractivity contribution in [2.75, 3.05) is 19.8 Å². The Morgan fingerprint density at radius 3 is 2.58 bits per heavy atom. The van der Waals surface area contributed by atoms with Gasteiger partial charge in [-0.05, 0) is 44.6 Å². The van der Waals surface area contributed by atoms with Crippen molar-refractivity contribution in [3.8, 4) is 0 Å². The first-order valence-electron chi connectivity index (χ1n) is 8.30. The first-order chi connectivity index (χ1) is 9.33. The maximum Gasteiger partial charge on any atom is 0.0476 e. The highest BCUT2D eigenvalue weighted by atomic mass is 32.2. The Bertz CT molecular complexity index is 243. The molecule has 0 aromatic rings. The van der Waals surface area contributed by atoms with Crippen LogP contribution in [0.1, 0.15) is 58.8 Å². The van der Waals surface area contributed by atoms with Crippen molar-refractivity contribution in [1.29, 1.82) is 0 Å². The molecule has 0 amide bonds. The predicted molar refractivity (Wildman–Crippen MR) is 84.9 cm³/mol. The first-order valence-corrected chi connectivity index (χ1v) is 9.24. The zero-order valence-electron chi connectivity index (χ0n) is 12.7. The van der Waals surface area contributed by atoms with Crippen molar-refractivity contribution in [2.24, 2.45) is 5.92 Å². The second-order valence-corrected chi connectivity index (χ2v) is 7.66. The van der Waals surface area contributed by atoms with Gasteiger partial charge < -0.3 is 10.1 Å². The predicted octanol–water partition coefficient (Wildman–Crippen LogP) is 3.85. The van der Waals surface area contributed by atoms with Gasteiger partial charge in [-0.25, -0.2) is 0 Å². The number of thioether (sulfide) groups is 1. The van der Waals surface area contributed by atoms with Crippen molar-refractivity contribution in [3.63, 3.8) is 0 Å². The second kappa shape index (κ2) is 8.53. The van der Waals surface area contributed by atoms with E-state index in [-0.39, 0.29) is 0 Å². The van der Waals surface area contributed by atoms with E-state index >= 15 is 0 Å². The van der Waals surface area contributed by atoms with Gasteiger partial charge in [0.25, 0.3) is 0 Å².